The van der Waals surface area contributed by atoms with Gasteiger partial charge in [-0.25, -0.2) is 9.98 Å². The Morgan fingerprint density at radius 3 is 2.39 bits per heavy atom. The molecule has 6 nitrogen and oxygen atoms in total. The van der Waals surface area contributed by atoms with E-state index in [1.165, 1.54) is 5.56 Å². The third kappa shape index (κ3) is 7.43. The Labute approximate surface area is 186 Å². The van der Waals surface area contributed by atoms with E-state index in [0.29, 0.717) is 12.4 Å². The first-order valence-electron chi connectivity index (χ1n) is 9.50. The van der Waals surface area contributed by atoms with Crippen LogP contribution in [0.5, 0.6) is 0 Å². The number of nitrogens with zero attached hydrogens (tertiary/aromatic N) is 3. The standard InChI is InChI=1S/C21H33N5O.HI/c1-7-22-20(25-15-19-23-14-18(27-19)21(2,3)4)24-13-17(26(5)6)16-11-9-8-10-12-16;/h8-12,14,17H,7,13,15H2,1-6H3,(H2,22,24,25);1H. The zero-order valence-corrected chi connectivity index (χ0v) is 20.2. The Kier molecular flexibility index (Phi) is 9.95. The molecule has 1 heterocycles. The maximum Gasteiger partial charge on any atom is 0.216 e. The lowest BCUT2D eigenvalue weighted by Crippen LogP contribution is -2.41. The molecule has 0 aliphatic rings. The number of benzene rings is 1. The third-order valence-electron chi connectivity index (χ3n) is 4.28. The van der Waals surface area contributed by atoms with Crippen molar-refractivity contribution >= 4 is 29.9 Å². The molecule has 1 unspecified atom stereocenters. The number of aromatic nitrogens is 1. The first-order valence-corrected chi connectivity index (χ1v) is 9.50. The number of halogens is 1. The fourth-order valence-electron chi connectivity index (χ4n) is 2.69. The number of hydrogen-bond acceptors (Lipinski definition) is 4. The van der Waals surface area contributed by atoms with Crippen molar-refractivity contribution in [1.29, 1.82) is 0 Å². The van der Waals surface area contributed by atoms with E-state index in [1.54, 1.807) is 6.20 Å². The molecule has 0 aliphatic heterocycles. The van der Waals surface area contributed by atoms with Crippen molar-refractivity contribution in [2.24, 2.45) is 4.99 Å². The van der Waals surface area contributed by atoms with Gasteiger partial charge in [-0.1, -0.05) is 51.1 Å². The van der Waals surface area contributed by atoms with Crippen LogP contribution in [0.1, 0.15) is 51.0 Å². The minimum Gasteiger partial charge on any atom is -0.443 e. The van der Waals surface area contributed by atoms with Crippen molar-refractivity contribution in [3.05, 3.63) is 53.7 Å². The van der Waals surface area contributed by atoms with E-state index >= 15 is 0 Å². The van der Waals surface area contributed by atoms with Crippen LogP contribution in [-0.2, 0) is 12.0 Å². The van der Waals surface area contributed by atoms with Crippen LogP contribution in [0.15, 0.2) is 45.9 Å². The maximum absolute atomic E-state index is 5.83. The summed E-state index contributed by atoms with van der Waals surface area (Å²) in [6, 6.07) is 10.7. The summed E-state index contributed by atoms with van der Waals surface area (Å²) in [5.41, 5.74) is 1.22. The molecule has 28 heavy (non-hydrogen) atoms. The minimum absolute atomic E-state index is 0. The zero-order valence-electron chi connectivity index (χ0n) is 17.8. The molecule has 0 aliphatic carbocycles. The number of oxazole rings is 1. The Morgan fingerprint density at radius 2 is 1.86 bits per heavy atom. The highest BCUT2D eigenvalue weighted by Gasteiger charge is 2.19. The summed E-state index contributed by atoms with van der Waals surface area (Å²) in [7, 11) is 4.18. The molecule has 2 aromatic rings. The van der Waals surface area contributed by atoms with Crippen LogP contribution in [0, 0.1) is 0 Å². The largest absolute Gasteiger partial charge is 0.443 e. The minimum atomic E-state index is -0.0493. The lowest BCUT2D eigenvalue weighted by atomic mass is 9.94. The van der Waals surface area contributed by atoms with Gasteiger partial charge in [0.05, 0.1) is 12.2 Å². The number of likely N-dealkylation sites (N-methyl/N-ethyl adjacent to an activating group) is 1. The summed E-state index contributed by atoms with van der Waals surface area (Å²) >= 11 is 0. The number of hydrogen-bond donors (Lipinski definition) is 2. The first kappa shape index (κ1) is 24.4. The molecule has 0 saturated heterocycles. The van der Waals surface area contributed by atoms with Crippen LogP contribution in [0.25, 0.3) is 0 Å². The van der Waals surface area contributed by atoms with E-state index in [-0.39, 0.29) is 35.4 Å². The van der Waals surface area contributed by atoms with Gasteiger partial charge in [0.15, 0.2) is 5.96 Å². The number of nitrogens with one attached hydrogen (secondary N) is 2. The highest BCUT2D eigenvalue weighted by atomic mass is 127. The molecule has 0 bridgehead atoms. The second-order valence-electron chi connectivity index (χ2n) is 7.83. The second-order valence-corrected chi connectivity index (χ2v) is 7.83. The van der Waals surface area contributed by atoms with Gasteiger partial charge in [-0.3, -0.25) is 0 Å². The summed E-state index contributed by atoms with van der Waals surface area (Å²) < 4.78 is 5.83. The molecule has 0 amide bonds. The zero-order chi connectivity index (χ0) is 19.9. The van der Waals surface area contributed by atoms with E-state index < -0.39 is 0 Å². The van der Waals surface area contributed by atoms with E-state index in [4.69, 9.17) is 4.42 Å². The van der Waals surface area contributed by atoms with Crippen LogP contribution < -0.4 is 10.6 Å². The van der Waals surface area contributed by atoms with Crippen LogP contribution in [0.4, 0.5) is 0 Å². The molecule has 0 saturated carbocycles. The van der Waals surface area contributed by atoms with Crippen LogP contribution in [0.2, 0.25) is 0 Å². The predicted molar refractivity (Wildman–Crippen MR) is 126 cm³/mol. The molecule has 2 N–H and O–H groups in total. The SMILES string of the molecule is CCNC(=NCc1ncc(C(C)(C)C)o1)NCC(c1ccccc1)N(C)C.I. The molecule has 0 radical (unpaired) electrons. The molecule has 0 fully saturated rings. The van der Waals surface area contributed by atoms with Crippen molar-refractivity contribution in [2.45, 2.75) is 45.7 Å². The van der Waals surface area contributed by atoms with Gasteiger partial charge in [-0.05, 0) is 26.6 Å². The van der Waals surface area contributed by atoms with E-state index in [2.05, 4.69) is 91.6 Å². The van der Waals surface area contributed by atoms with Crippen molar-refractivity contribution in [1.82, 2.24) is 20.5 Å². The Hall–Kier alpha value is -1.61. The fourth-order valence-corrected chi connectivity index (χ4v) is 2.69. The lowest BCUT2D eigenvalue weighted by Gasteiger charge is -2.26. The van der Waals surface area contributed by atoms with Gasteiger partial charge in [0.1, 0.15) is 12.3 Å². The smallest absolute Gasteiger partial charge is 0.216 e. The molecular weight excluding hydrogens is 465 g/mol. The Morgan fingerprint density at radius 1 is 1.18 bits per heavy atom. The molecule has 156 valence electrons. The van der Waals surface area contributed by atoms with E-state index in [9.17, 15) is 0 Å². The molecule has 1 aromatic heterocycles. The first-order chi connectivity index (χ1) is 12.8. The van der Waals surface area contributed by atoms with Crippen LogP contribution >= 0.6 is 24.0 Å². The van der Waals surface area contributed by atoms with E-state index in [1.807, 2.05) is 6.07 Å². The van der Waals surface area contributed by atoms with Gasteiger partial charge >= 0.3 is 0 Å². The van der Waals surface area contributed by atoms with Crippen molar-refractivity contribution in [2.75, 3.05) is 27.2 Å². The predicted octanol–water partition coefficient (Wildman–Crippen LogP) is 3.95. The normalized spacial score (nSPS) is 13.2. The summed E-state index contributed by atoms with van der Waals surface area (Å²) in [5.74, 6) is 2.27. The van der Waals surface area contributed by atoms with Crippen molar-refractivity contribution in [3.63, 3.8) is 0 Å². The topological polar surface area (TPSA) is 65.7 Å². The third-order valence-corrected chi connectivity index (χ3v) is 4.28. The molecule has 0 spiro atoms. The maximum atomic E-state index is 5.83. The average molecular weight is 499 g/mol. The lowest BCUT2D eigenvalue weighted by molar-refractivity contribution is 0.298. The van der Waals surface area contributed by atoms with Gasteiger partial charge in [-0.2, -0.15) is 0 Å². The van der Waals surface area contributed by atoms with Gasteiger partial charge in [0.25, 0.3) is 0 Å². The summed E-state index contributed by atoms with van der Waals surface area (Å²) in [4.78, 5) is 11.2. The molecule has 7 heteroatoms. The quantitative estimate of drug-likeness (QED) is 0.343. The second kappa shape index (κ2) is 11.4. The van der Waals surface area contributed by atoms with Gasteiger partial charge in [0, 0.05) is 18.5 Å². The number of guanidine groups is 1. The monoisotopic (exact) mass is 499 g/mol. The van der Waals surface area contributed by atoms with Crippen molar-refractivity contribution < 1.29 is 4.42 Å². The molecular formula is C21H34IN5O. The summed E-state index contributed by atoms with van der Waals surface area (Å²) in [5, 5.41) is 6.72. The number of rotatable bonds is 7. The molecule has 1 aromatic carbocycles. The number of aliphatic imine (C=N–C) groups is 1. The van der Waals surface area contributed by atoms with Crippen LogP contribution in [-0.4, -0.2) is 43.0 Å². The summed E-state index contributed by atoms with van der Waals surface area (Å²) in [6.07, 6.45) is 1.79. The van der Waals surface area contributed by atoms with Gasteiger partial charge in [0.2, 0.25) is 5.89 Å². The fraction of sp³-hybridized carbons (Fsp3) is 0.524. The highest BCUT2D eigenvalue weighted by molar-refractivity contribution is 14.0. The average Bonchev–Trinajstić information content (AvgIpc) is 3.10. The Balaban J connectivity index is 0.00000392. The summed E-state index contributed by atoms with van der Waals surface area (Å²) in [6.45, 7) is 10.3. The Bertz CT molecular complexity index is 722. The highest BCUT2D eigenvalue weighted by Crippen LogP contribution is 2.22. The van der Waals surface area contributed by atoms with Crippen LogP contribution in [0.3, 0.4) is 0 Å². The van der Waals surface area contributed by atoms with E-state index in [0.717, 1.165) is 24.8 Å². The van der Waals surface area contributed by atoms with Gasteiger partial charge in [-0.15, -0.1) is 24.0 Å². The van der Waals surface area contributed by atoms with Gasteiger partial charge < -0.3 is 20.0 Å². The molecule has 2 rings (SSSR count). The van der Waals surface area contributed by atoms with Crippen molar-refractivity contribution in [3.8, 4) is 0 Å². The molecule has 1 atom stereocenters.